The minimum absolute atomic E-state index is 0. The average molecular weight is 566 g/mol. The van der Waals surface area contributed by atoms with Gasteiger partial charge in [-0.15, -0.1) is 0 Å². The third-order valence-corrected chi connectivity index (χ3v) is 6.53. The van der Waals surface area contributed by atoms with E-state index < -0.39 is 47.6 Å². The van der Waals surface area contributed by atoms with Crippen molar-refractivity contribution >= 4 is 59.2 Å². The smallest absolute Gasteiger partial charge is 0.744 e. The summed E-state index contributed by atoms with van der Waals surface area (Å²) >= 11 is 0. The summed E-state index contributed by atoms with van der Waals surface area (Å²) in [6, 6.07) is 11.5. The molecule has 0 bridgehead atoms. The molecule has 184 valence electrons. The molecule has 4 rings (SSSR count). The van der Waals surface area contributed by atoms with Gasteiger partial charge in [0.25, 0.3) is 0 Å². The third-order valence-electron chi connectivity index (χ3n) is 4.90. The number of phenolic OH excluding ortho intramolecular Hbond substituents is 2. The number of hydrogen-bond acceptors (Lipinski definition) is 9. The molecular formula is C21H16N2Na2O10S2. The molecule has 6 N–H and O–H groups in total. The minimum Gasteiger partial charge on any atom is -0.744 e. The second-order valence-electron chi connectivity index (χ2n) is 7.24. The van der Waals surface area contributed by atoms with Crippen LogP contribution in [0.5, 0.6) is 11.5 Å². The van der Waals surface area contributed by atoms with Crippen LogP contribution >= 0.6 is 0 Å². The normalized spacial score (nSPS) is 11.1. The number of carbonyl (C=O) groups excluding carboxylic acids is 1. The minimum atomic E-state index is -4.81. The molecule has 37 heavy (non-hydrogen) atoms. The second kappa shape index (κ2) is 12.3. The van der Waals surface area contributed by atoms with Crippen molar-refractivity contribution in [1.29, 1.82) is 0 Å². The van der Waals surface area contributed by atoms with E-state index in [9.17, 15) is 40.9 Å². The van der Waals surface area contributed by atoms with E-state index >= 15 is 0 Å². The number of amides is 2. The molecular weight excluding hydrogens is 550 g/mol. The van der Waals surface area contributed by atoms with Gasteiger partial charge in [0.15, 0.2) is 0 Å². The summed E-state index contributed by atoms with van der Waals surface area (Å²) < 4.78 is 67.6. The van der Waals surface area contributed by atoms with Crippen LogP contribution in [0.15, 0.2) is 70.5 Å². The number of fused-ring (bicyclic) bond motifs is 2. The topological polar surface area (TPSA) is 227 Å². The van der Waals surface area contributed by atoms with Crippen LogP contribution in [-0.2, 0) is 20.2 Å². The first kappa shape index (κ1) is 33.1. The Labute approximate surface area is 255 Å². The van der Waals surface area contributed by atoms with E-state index in [2.05, 4.69) is 10.6 Å². The van der Waals surface area contributed by atoms with Crippen molar-refractivity contribution in [3.63, 3.8) is 0 Å². The van der Waals surface area contributed by atoms with Gasteiger partial charge in [0.05, 0.1) is 9.79 Å². The number of nitrogens with one attached hydrogen (secondary N) is 2. The SMILES string of the molecule is O.O=C(Nc1ccc2c(O)cc(S(=O)(=O)[O-])cc2c1)Nc1ccc2c(O)cc(S(=O)(=O)[O-])cc2c1.[Na+].[Na+]. The molecule has 16 heteroatoms. The van der Waals surface area contributed by atoms with Crippen molar-refractivity contribution in [3.8, 4) is 11.5 Å². The molecule has 4 aromatic carbocycles. The second-order valence-corrected chi connectivity index (χ2v) is 10.0. The third kappa shape index (κ3) is 7.55. The zero-order valence-corrected chi connectivity index (χ0v) is 25.0. The molecule has 0 unspecified atom stereocenters. The van der Waals surface area contributed by atoms with Gasteiger partial charge in [0.2, 0.25) is 0 Å². The van der Waals surface area contributed by atoms with Crippen molar-refractivity contribution in [2.45, 2.75) is 9.79 Å². The Kier molecular flexibility index (Phi) is 11.0. The fraction of sp³-hybridized carbons (Fsp3) is 0. The molecule has 0 saturated heterocycles. The Morgan fingerprint density at radius 1 is 0.649 bits per heavy atom. The summed E-state index contributed by atoms with van der Waals surface area (Å²) in [4.78, 5) is 11.2. The molecule has 2 amide bonds. The summed E-state index contributed by atoms with van der Waals surface area (Å²) in [5, 5.41) is 25.9. The number of carbonyl (C=O) groups is 1. The Morgan fingerprint density at radius 2 is 1.00 bits per heavy atom. The van der Waals surface area contributed by atoms with E-state index in [1.165, 1.54) is 36.4 Å². The quantitative estimate of drug-likeness (QED) is 0.139. The first-order valence-electron chi connectivity index (χ1n) is 9.35. The molecule has 4 aromatic rings. The maximum absolute atomic E-state index is 12.4. The monoisotopic (exact) mass is 566 g/mol. The Balaban J connectivity index is 0.00000228. The van der Waals surface area contributed by atoms with Crippen LogP contribution in [-0.4, -0.2) is 47.7 Å². The molecule has 0 aliphatic rings. The molecule has 0 atom stereocenters. The molecule has 0 aliphatic carbocycles. The largest absolute Gasteiger partial charge is 1.00 e. The molecule has 0 spiro atoms. The fourth-order valence-corrected chi connectivity index (χ4v) is 4.44. The summed E-state index contributed by atoms with van der Waals surface area (Å²) in [6.45, 7) is 0. The Bertz CT molecular complexity index is 1590. The van der Waals surface area contributed by atoms with Gasteiger partial charge in [0, 0.05) is 22.1 Å². The predicted molar refractivity (Wildman–Crippen MR) is 123 cm³/mol. The standard InChI is InChI=1S/C21H16N2O9S2.2Na.H2O/c24-19-9-15(33(27,28)29)7-11-5-13(1-3-17(11)19)22-21(26)23-14-2-4-18-12(6-14)8-16(10-20(18)25)34(30,31)32;;;/h1-10,24-25H,(H2,22,23,26)(H,27,28,29)(H,30,31,32);;;1H2/q;2*+1;/p-2. The van der Waals surface area contributed by atoms with Gasteiger partial charge in [-0.3, -0.25) is 0 Å². The van der Waals surface area contributed by atoms with Crippen LogP contribution < -0.4 is 69.7 Å². The number of anilines is 2. The van der Waals surface area contributed by atoms with Gasteiger partial charge in [-0.1, -0.05) is 0 Å². The zero-order valence-electron chi connectivity index (χ0n) is 19.3. The van der Waals surface area contributed by atoms with E-state index in [-0.39, 0.29) is 97.5 Å². The first-order valence-corrected chi connectivity index (χ1v) is 12.2. The van der Waals surface area contributed by atoms with Gasteiger partial charge < -0.3 is 35.4 Å². The number of benzene rings is 4. The Morgan fingerprint density at radius 3 is 1.32 bits per heavy atom. The number of aromatic hydroxyl groups is 2. The van der Waals surface area contributed by atoms with E-state index in [4.69, 9.17) is 0 Å². The van der Waals surface area contributed by atoms with Crippen LogP contribution in [0.4, 0.5) is 16.2 Å². The number of hydrogen-bond donors (Lipinski definition) is 4. The zero-order chi connectivity index (χ0) is 24.8. The molecule has 0 heterocycles. The van der Waals surface area contributed by atoms with Gasteiger partial charge in [0.1, 0.15) is 31.7 Å². The van der Waals surface area contributed by atoms with E-state index in [0.29, 0.717) is 0 Å². The van der Waals surface area contributed by atoms with Crippen molar-refractivity contribution in [2.75, 3.05) is 10.6 Å². The van der Waals surface area contributed by atoms with Crippen molar-refractivity contribution in [1.82, 2.24) is 0 Å². The summed E-state index contributed by atoms with van der Waals surface area (Å²) in [7, 11) is -9.62. The average Bonchev–Trinajstić information content (AvgIpc) is 2.71. The van der Waals surface area contributed by atoms with Crippen molar-refractivity contribution in [3.05, 3.63) is 60.7 Å². The first-order chi connectivity index (χ1) is 15.8. The van der Waals surface area contributed by atoms with Crippen molar-refractivity contribution < 1.29 is 106 Å². The van der Waals surface area contributed by atoms with Crippen molar-refractivity contribution in [2.24, 2.45) is 0 Å². The summed E-state index contributed by atoms with van der Waals surface area (Å²) in [6.07, 6.45) is 0. The van der Waals surface area contributed by atoms with Crippen LogP contribution in [0.25, 0.3) is 21.5 Å². The van der Waals surface area contributed by atoms with Crippen LogP contribution in [0.2, 0.25) is 0 Å². The molecule has 0 aromatic heterocycles. The molecule has 12 nitrogen and oxygen atoms in total. The van der Waals surface area contributed by atoms with Gasteiger partial charge >= 0.3 is 65.1 Å². The number of phenols is 2. The van der Waals surface area contributed by atoms with Crippen LogP contribution in [0.1, 0.15) is 0 Å². The maximum atomic E-state index is 12.4. The Hall–Kier alpha value is -1.95. The molecule has 0 radical (unpaired) electrons. The number of urea groups is 1. The summed E-state index contributed by atoms with van der Waals surface area (Å²) in [5.74, 6) is -0.830. The summed E-state index contributed by atoms with van der Waals surface area (Å²) in [5.41, 5.74) is 0.422. The van der Waals surface area contributed by atoms with Gasteiger partial charge in [-0.05, 0) is 71.4 Å². The molecule has 0 saturated carbocycles. The number of rotatable bonds is 4. The fourth-order valence-electron chi connectivity index (χ4n) is 3.38. The van der Waals surface area contributed by atoms with Gasteiger partial charge in [-0.25, -0.2) is 21.6 Å². The molecule has 0 fully saturated rings. The maximum Gasteiger partial charge on any atom is 1.00 e. The van der Waals surface area contributed by atoms with E-state index in [1.807, 2.05) is 0 Å². The van der Waals surface area contributed by atoms with E-state index in [0.717, 1.165) is 24.3 Å². The van der Waals surface area contributed by atoms with Crippen LogP contribution in [0.3, 0.4) is 0 Å². The molecule has 0 aliphatic heterocycles. The predicted octanol–water partition coefficient (Wildman–Crippen LogP) is -3.96. The van der Waals surface area contributed by atoms with Crippen LogP contribution in [0, 0.1) is 0 Å². The van der Waals surface area contributed by atoms with Gasteiger partial charge in [-0.2, -0.15) is 0 Å². The van der Waals surface area contributed by atoms with E-state index in [1.54, 1.807) is 0 Å².